The second kappa shape index (κ2) is 10.4. The number of esters is 1. The number of carbonyl (C=O) groups is 2. The predicted octanol–water partition coefficient (Wildman–Crippen LogP) is 4.13. The molecule has 0 fully saturated rings. The minimum absolute atomic E-state index is 0.0498. The van der Waals surface area contributed by atoms with E-state index in [9.17, 15) is 14.7 Å². The molecule has 9 nitrogen and oxygen atoms in total. The summed E-state index contributed by atoms with van der Waals surface area (Å²) < 4.78 is 28.0. The zero-order valence-electron chi connectivity index (χ0n) is 21.3. The van der Waals surface area contributed by atoms with E-state index in [1.54, 1.807) is 44.2 Å². The summed E-state index contributed by atoms with van der Waals surface area (Å²) >= 11 is 0. The number of aliphatic hydroxyl groups excluding tert-OH is 1. The molecule has 0 saturated heterocycles. The van der Waals surface area contributed by atoms with Crippen LogP contribution in [0.1, 0.15) is 40.1 Å². The Bertz CT molecular complexity index is 1350. The lowest BCUT2D eigenvalue weighted by Crippen LogP contribution is -2.46. The van der Waals surface area contributed by atoms with Crippen molar-refractivity contribution in [2.75, 3.05) is 27.6 Å². The molecule has 0 saturated carbocycles. The van der Waals surface area contributed by atoms with Crippen molar-refractivity contribution in [2.45, 2.75) is 26.3 Å². The summed E-state index contributed by atoms with van der Waals surface area (Å²) in [5, 5.41) is 12.5. The highest BCUT2D eigenvalue weighted by atomic mass is 16.7. The minimum Gasteiger partial charge on any atom is -0.493 e. The maximum absolute atomic E-state index is 13.6. The van der Waals surface area contributed by atoms with Gasteiger partial charge in [0.1, 0.15) is 5.75 Å². The lowest BCUT2D eigenvalue weighted by molar-refractivity contribution is 0.0733. The second-order valence-corrected chi connectivity index (χ2v) is 9.13. The molecule has 2 N–H and O–H groups in total. The first-order valence-corrected chi connectivity index (χ1v) is 11.6. The van der Waals surface area contributed by atoms with Gasteiger partial charge in [0.15, 0.2) is 23.0 Å². The number of aryl methyl sites for hydroxylation is 1. The molecular weight excluding hydrogens is 478 g/mol. The molecule has 9 heteroatoms. The number of methoxy groups -OCH3 is 2. The Hall–Kier alpha value is -4.24. The number of benzene rings is 3. The van der Waals surface area contributed by atoms with Gasteiger partial charge in [-0.05, 0) is 56.7 Å². The van der Waals surface area contributed by atoms with Gasteiger partial charge < -0.3 is 34.1 Å². The fourth-order valence-electron chi connectivity index (χ4n) is 3.92. The van der Waals surface area contributed by atoms with Gasteiger partial charge in [0.25, 0.3) is 5.91 Å². The Labute approximate surface area is 214 Å². The highest BCUT2D eigenvalue weighted by molar-refractivity contribution is 6.08. The number of carbonyl (C=O) groups excluding carboxylic acids is 2. The van der Waals surface area contributed by atoms with Gasteiger partial charge in [-0.1, -0.05) is 18.2 Å². The maximum Gasteiger partial charge on any atom is 0.344 e. The highest BCUT2D eigenvalue weighted by Crippen LogP contribution is 2.47. The Morgan fingerprint density at radius 1 is 0.973 bits per heavy atom. The molecule has 1 aliphatic heterocycles. The van der Waals surface area contributed by atoms with E-state index in [0.29, 0.717) is 39.9 Å². The Balaban J connectivity index is 1.94. The molecule has 3 aromatic rings. The quantitative estimate of drug-likeness (QED) is 0.346. The zero-order valence-corrected chi connectivity index (χ0v) is 21.3. The molecule has 1 aliphatic rings. The third-order valence-electron chi connectivity index (χ3n) is 5.94. The summed E-state index contributed by atoms with van der Waals surface area (Å²) in [6.45, 7) is 4.89. The van der Waals surface area contributed by atoms with Gasteiger partial charge >= 0.3 is 5.97 Å². The van der Waals surface area contributed by atoms with Crippen molar-refractivity contribution in [3.63, 3.8) is 0 Å². The summed E-state index contributed by atoms with van der Waals surface area (Å²) in [5.41, 5.74) is 0.865. The predicted molar refractivity (Wildman–Crippen MR) is 136 cm³/mol. The van der Waals surface area contributed by atoms with Crippen LogP contribution in [0.4, 0.5) is 0 Å². The third kappa shape index (κ3) is 5.17. The van der Waals surface area contributed by atoms with Crippen molar-refractivity contribution in [2.24, 2.45) is 0 Å². The molecule has 1 amide bonds. The first-order chi connectivity index (χ1) is 17.7. The van der Waals surface area contributed by atoms with Crippen LogP contribution in [0.15, 0.2) is 48.5 Å². The summed E-state index contributed by atoms with van der Waals surface area (Å²) in [7, 11) is 2.93. The lowest BCUT2D eigenvalue weighted by atomic mass is 9.92. The van der Waals surface area contributed by atoms with Crippen molar-refractivity contribution in [1.29, 1.82) is 0 Å². The molecule has 0 unspecified atom stereocenters. The largest absolute Gasteiger partial charge is 0.493 e. The van der Waals surface area contributed by atoms with Crippen LogP contribution in [0.2, 0.25) is 0 Å². The molecule has 0 bridgehead atoms. The van der Waals surface area contributed by atoms with Crippen LogP contribution in [-0.4, -0.2) is 50.1 Å². The molecule has 0 aliphatic carbocycles. The number of ether oxygens (including phenoxy) is 5. The van der Waals surface area contributed by atoms with Crippen LogP contribution < -0.4 is 29.0 Å². The summed E-state index contributed by atoms with van der Waals surface area (Å²) in [6.07, 6.45) is 0. The van der Waals surface area contributed by atoms with Crippen molar-refractivity contribution in [3.05, 3.63) is 65.2 Å². The number of nitrogens with one attached hydrogen (secondary N) is 1. The Morgan fingerprint density at radius 2 is 1.68 bits per heavy atom. The molecule has 3 aromatic carbocycles. The molecule has 0 spiro atoms. The standard InChI is InChI=1S/C28H29NO8/c1-16-8-6-7-9-20(16)37-27(32)19-13-23(34-5)22(33-4)12-18(19)24-17(26(31)29-28(2,3)14-30)10-11-21-25(24)36-15-35-21/h6-13,30H,14-15H2,1-5H3,(H,29,31). The van der Waals surface area contributed by atoms with Crippen LogP contribution >= 0.6 is 0 Å². The SMILES string of the molecule is COc1cc(C(=O)Oc2ccccc2C)c(-c2c(C(=O)NC(C)(C)CO)ccc3c2OCO3)cc1OC. The van der Waals surface area contributed by atoms with E-state index in [0.717, 1.165) is 5.56 Å². The van der Waals surface area contributed by atoms with Gasteiger partial charge in [0.05, 0.1) is 37.5 Å². The average molecular weight is 508 g/mol. The van der Waals surface area contributed by atoms with Gasteiger partial charge in [-0.15, -0.1) is 0 Å². The molecule has 0 radical (unpaired) electrons. The molecule has 0 aromatic heterocycles. The first kappa shape index (κ1) is 25.8. The van der Waals surface area contributed by atoms with Crippen LogP contribution in [-0.2, 0) is 0 Å². The lowest BCUT2D eigenvalue weighted by Gasteiger charge is -2.25. The van der Waals surface area contributed by atoms with Gasteiger partial charge in [-0.25, -0.2) is 4.79 Å². The molecular formula is C28H29NO8. The van der Waals surface area contributed by atoms with E-state index in [4.69, 9.17) is 23.7 Å². The molecule has 37 heavy (non-hydrogen) atoms. The first-order valence-electron chi connectivity index (χ1n) is 11.6. The third-order valence-corrected chi connectivity index (χ3v) is 5.94. The van der Waals surface area contributed by atoms with E-state index in [1.165, 1.54) is 20.3 Å². The fourth-order valence-corrected chi connectivity index (χ4v) is 3.92. The van der Waals surface area contributed by atoms with E-state index < -0.39 is 17.4 Å². The smallest absolute Gasteiger partial charge is 0.344 e. The van der Waals surface area contributed by atoms with Crippen molar-refractivity contribution < 1.29 is 38.4 Å². The van der Waals surface area contributed by atoms with E-state index >= 15 is 0 Å². The topological polar surface area (TPSA) is 113 Å². The number of rotatable bonds is 8. The van der Waals surface area contributed by atoms with E-state index in [1.807, 2.05) is 19.1 Å². The highest BCUT2D eigenvalue weighted by Gasteiger charge is 2.31. The maximum atomic E-state index is 13.6. The Kier molecular flexibility index (Phi) is 7.26. The second-order valence-electron chi connectivity index (χ2n) is 9.13. The Morgan fingerprint density at radius 3 is 2.35 bits per heavy atom. The van der Waals surface area contributed by atoms with Crippen LogP contribution in [0.3, 0.4) is 0 Å². The van der Waals surface area contributed by atoms with Gasteiger partial charge in [-0.2, -0.15) is 0 Å². The number of hydrogen-bond acceptors (Lipinski definition) is 8. The van der Waals surface area contributed by atoms with Gasteiger partial charge in [0.2, 0.25) is 6.79 Å². The molecule has 1 heterocycles. The van der Waals surface area contributed by atoms with Crippen LogP contribution in [0, 0.1) is 6.92 Å². The number of para-hydroxylation sites is 1. The summed E-state index contributed by atoms with van der Waals surface area (Å²) in [6, 6.07) is 13.4. The number of amides is 1. The monoisotopic (exact) mass is 507 g/mol. The summed E-state index contributed by atoms with van der Waals surface area (Å²) in [5.74, 6) is 0.620. The molecule has 0 atom stereocenters. The molecule has 4 rings (SSSR count). The molecule has 194 valence electrons. The van der Waals surface area contributed by atoms with Gasteiger partial charge in [0, 0.05) is 11.1 Å². The van der Waals surface area contributed by atoms with Gasteiger partial charge in [-0.3, -0.25) is 4.79 Å². The zero-order chi connectivity index (χ0) is 26.7. The van der Waals surface area contributed by atoms with Crippen molar-refractivity contribution >= 4 is 11.9 Å². The van der Waals surface area contributed by atoms with Crippen LogP contribution in [0.25, 0.3) is 11.1 Å². The minimum atomic E-state index is -0.894. The van der Waals surface area contributed by atoms with Crippen molar-refractivity contribution in [1.82, 2.24) is 5.32 Å². The normalized spacial score (nSPS) is 12.2. The number of aliphatic hydroxyl groups is 1. The summed E-state index contributed by atoms with van der Waals surface area (Å²) in [4.78, 5) is 27.0. The van der Waals surface area contributed by atoms with Crippen molar-refractivity contribution in [3.8, 4) is 39.9 Å². The number of fused-ring (bicyclic) bond motifs is 1. The van der Waals surface area contributed by atoms with Crippen LogP contribution in [0.5, 0.6) is 28.7 Å². The average Bonchev–Trinajstić information content (AvgIpc) is 3.37. The van der Waals surface area contributed by atoms with E-state index in [2.05, 4.69) is 5.32 Å². The number of hydrogen-bond donors (Lipinski definition) is 2. The van der Waals surface area contributed by atoms with E-state index in [-0.39, 0.29) is 24.5 Å². The fraction of sp³-hybridized carbons (Fsp3) is 0.286.